The number of nitrogens with two attached hydrogens (primary N) is 1. The van der Waals surface area contributed by atoms with E-state index >= 15 is 0 Å². The van der Waals surface area contributed by atoms with Gasteiger partial charge in [-0.25, -0.2) is 4.79 Å². The zero-order valence-corrected chi connectivity index (χ0v) is 11.6. The number of anilines is 1. The van der Waals surface area contributed by atoms with Gasteiger partial charge in [-0.1, -0.05) is 18.2 Å². The molecule has 5 nitrogen and oxygen atoms in total. The van der Waals surface area contributed by atoms with Gasteiger partial charge in [0, 0.05) is 11.7 Å². The number of fused-ring (bicyclic) bond motifs is 1. The minimum Gasteiger partial charge on any atom is -0.336 e. The van der Waals surface area contributed by atoms with Gasteiger partial charge in [-0.15, -0.1) is 0 Å². The van der Waals surface area contributed by atoms with E-state index in [1.54, 1.807) is 6.21 Å². The van der Waals surface area contributed by atoms with E-state index in [1.165, 1.54) is 0 Å². The first-order chi connectivity index (χ1) is 9.58. The number of carbonyl (C=O) groups excluding carboxylic acids is 1. The fourth-order valence-corrected chi connectivity index (χ4v) is 1.94. The highest BCUT2D eigenvalue weighted by Gasteiger charge is 2.04. The SMILES string of the molecule is CC(C)NC(=O)Nc1ccc2cc(/C=N\N)ccc2c1. The molecule has 0 aliphatic heterocycles. The van der Waals surface area contributed by atoms with E-state index in [4.69, 9.17) is 5.84 Å². The molecule has 0 aliphatic carbocycles. The average Bonchev–Trinajstić information content (AvgIpc) is 2.38. The second-order valence-corrected chi connectivity index (χ2v) is 4.85. The lowest BCUT2D eigenvalue weighted by Gasteiger charge is -2.10. The van der Waals surface area contributed by atoms with Gasteiger partial charge in [-0.05, 0) is 48.4 Å². The highest BCUT2D eigenvalue weighted by molar-refractivity contribution is 5.95. The van der Waals surface area contributed by atoms with Crippen molar-refractivity contribution in [2.45, 2.75) is 19.9 Å². The van der Waals surface area contributed by atoms with Gasteiger partial charge in [0.25, 0.3) is 0 Å². The lowest BCUT2D eigenvalue weighted by molar-refractivity contribution is 0.250. The van der Waals surface area contributed by atoms with Crippen molar-refractivity contribution in [1.82, 2.24) is 5.32 Å². The number of urea groups is 1. The average molecular weight is 270 g/mol. The van der Waals surface area contributed by atoms with Crippen molar-refractivity contribution in [3.05, 3.63) is 42.0 Å². The number of hydrogen-bond donors (Lipinski definition) is 3. The summed E-state index contributed by atoms with van der Waals surface area (Å²) < 4.78 is 0. The Balaban J connectivity index is 2.21. The highest BCUT2D eigenvalue weighted by Crippen LogP contribution is 2.20. The Morgan fingerprint density at radius 1 is 1.20 bits per heavy atom. The third-order valence-electron chi connectivity index (χ3n) is 2.77. The molecule has 0 bridgehead atoms. The second kappa shape index (κ2) is 6.06. The number of nitrogens with one attached hydrogen (secondary N) is 2. The standard InChI is InChI=1S/C15H18N4O/c1-10(2)18-15(20)19-14-6-5-12-7-11(9-17-16)3-4-13(12)8-14/h3-10H,16H2,1-2H3,(H2,18,19,20)/b17-9-. The molecule has 0 heterocycles. The summed E-state index contributed by atoms with van der Waals surface area (Å²) in [4.78, 5) is 11.6. The van der Waals surface area contributed by atoms with Crippen molar-refractivity contribution in [1.29, 1.82) is 0 Å². The van der Waals surface area contributed by atoms with Crippen LogP contribution in [-0.2, 0) is 0 Å². The first-order valence-electron chi connectivity index (χ1n) is 6.43. The molecule has 2 amide bonds. The Morgan fingerprint density at radius 3 is 2.60 bits per heavy atom. The highest BCUT2D eigenvalue weighted by atomic mass is 16.2. The molecule has 0 saturated heterocycles. The molecular formula is C15H18N4O. The van der Waals surface area contributed by atoms with Crippen LogP contribution < -0.4 is 16.5 Å². The van der Waals surface area contributed by atoms with Gasteiger partial charge in [0.05, 0.1) is 6.21 Å². The molecule has 0 saturated carbocycles. The van der Waals surface area contributed by atoms with Crippen LogP contribution >= 0.6 is 0 Å². The number of benzene rings is 2. The molecule has 0 aliphatic rings. The van der Waals surface area contributed by atoms with Gasteiger partial charge in [0.1, 0.15) is 0 Å². The van der Waals surface area contributed by atoms with Crippen LogP contribution in [0.4, 0.5) is 10.5 Å². The fourth-order valence-electron chi connectivity index (χ4n) is 1.94. The van der Waals surface area contributed by atoms with Gasteiger partial charge < -0.3 is 16.5 Å². The first-order valence-corrected chi connectivity index (χ1v) is 6.43. The number of hydrazone groups is 1. The van der Waals surface area contributed by atoms with Crippen molar-refractivity contribution in [3.63, 3.8) is 0 Å². The lowest BCUT2D eigenvalue weighted by atomic mass is 10.1. The Labute approximate surface area is 117 Å². The summed E-state index contributed by atoms with van der Waals surface area (Å²) in [7, 11) is 0. The predicted molar refractivity (Wildman–Crippen MR) is 83.0 cm³/mol. The van der Waals surface area contributed by atoms with Crippen molar-refractivity contribution >= 4 is 28.7 Å². The molecule has 20 heavy (non-hydrogen) atoms. The molecule has 0 atom stereocenters. The molecule has 2 rings (SSSR count). The van der Waals surface area contributed by atoms with Gasteiger partial charge in [0.15, 0.2) is 0 Å². The van der Waals surface area contributed by atoms with Crippen LogP contribution in [0.3, 0.4) is 0 Å². The molecule has 104 valence electrons. The van der Waals surface area contributed by atoms with Crippen LogP contribution in [0.25, 0.3) is 10.8 Å². The number of hydrogen-bond acceptors (Lipinski definition) is 3. The topological polar surface area (TPSA) is 79.5 Å². The van der Waals surface area contributed by atoms with E-state index < -0.39 is 0 Å². The third-order valence-corrected chi connectivity index (χ3v) is 2.77. The zero-order valence-electron chi connectivity index (χ0n) is 11.6. The van der Waals surface area contributed by atoms with Gasteiger partial charge in [-0.2, -0.15) is 5.10 Å². The molecule has 2 aromatic rings. The Kier molecular flexibility index (Phi) is 4.20. The molecule has 0 spiro atoms. The monoisotopic (exact) mass is 270 g/mol. The van der Waals surface area contributed by atoms with Gasteiger partial charge in [-0.3, -0.25) is 0 Å². The van der Waals surface area contributed by atoms with Gasteiger partial charge in [0.2, 0.25) is 0 Å². The second-order valence-electron chi connectivity index (χ2n) is 4.85. The molecular weight excluding hydrogens is 252 g/mol. The molecule has 4 N–H and O–H groups in total. The van der Waals surface area contributed by atoms with E-state index in [-0.39, 0.29) is 12.1 Å². The van der Waals surface area contributed by atoms with E-state index in [2.05, 4.69) is 15.7 Å². The van der Waals surface area contributed by atoms with Crippen LogP contribution in [0, 0.1) is 0 Å². The summed E-state index contributed by atoms with van der Waals surface area (Å²) >= 11 is 0. The molecule has 0 unspecified atom stereocenters. The Morgan fingerprint density at radius 2 is 1.90 bits per heavy atom. The van der Waals surface area contributed by atoms with E-state index in [1.807, 2.05) is 50.2 Å². The van der Waals surface area contributed by atoms with Crippen molar-refractivity contribution in [2.75, 3.05) is 5.32 Å². The Hall–Kier alpha value is -2.56. The maximum atomic E-state index is 11.6. The van der Waals surface area contributed by atoms with Crippen molar-refractivity contribution < 1.29 is 4.79 Å². The van der Waals surface area contributed by atoms with Crippen LogP contribution in [0.5, 0.6) is 0 Å². The lowest BCUT2D eigenvalue weighted by Crippen LogP contribution is -2.34. The molecule has 5 heteroatoms. The van der Waals surface area contributed by atoms with E-state index in [0.29, 0.717) is 0 Å². The van der Waals surface area contributed by atoms with Crippen molar-refractivity contribution in [2.24, 2.45) is 10.9 Å². The number of amides is 2. The van der Waals surface area contributed by atoms with E-state index in [9.17, 15) is 4.79 Å². The van der Waals surface area contributed by atoms with Crippen LogP contribution in [0.15, 0.2) is 41.5 Å². The maximum Gasteiger partial charge on any atom is 0.319 e. The molecule has 0 fully saturated rings. The molecule has 2 aromatic carbocycles. The first kappa shape index (κ1) is 13.9. The number of nitrogens with zero attached hydrogens (tertiary/aromatic N) is 1. The largest absolute Gasteiger partial charge is 0.336 e. The van der Waals surface area contributed by atoms with Gasteiger partial charge >= 0.3 is 6.03 Å². The van der Waals surface area contributed by atoms with Crippen LogP contribution in [0.1, 0.15) is 19.4 Å². The summed E-state index contributed by atoms with van der Waals surface area (Å²) in [5.74, 6) is 5.14. The van der Waals surface area contributed by atoms with Crippen LogP contribution in [0.2, 0.25) is 0 Å². The quantitative estimate of drug-likeness (QED) is 0.455. The summed E-state index contributed by atoms with van der Waals surface area (Å²) in [6, 6.07) is 11.5. The number of rotatable bonds is 3. The smallest absolute Gasteiger partial charge is 0.319 e. The predicted octanol–water partition coefficient (Wildman–Crippen LogP) is 2.66. The molecule has 0 radical (unpaired) electrons. The minimum absolute atomic E-state index is 0.105. The summed E-state index contributed by atoms with van der Waals surface area (Å²) in [5, 5.41) is 11.2. The van der Waals surface area contributed by atoms with Crippen LogP contribution in [-0.4, -0.2) is 18.3 Å². The maximum absolute atomic E-state index is 11.6. The fraction of sp³-hybridized carbons (Fsp3) is 0.200. The number of carbonyl (C=O) groups is 1. The van der Waals surface area contributed by atoms with Crippen molar-refractivity contribution in [3.8, 4) is 0 Å². The minimum atomic E-state index is -0.203. The summed E-state index contributed by atoms with van der Waals surface area (Å²) in [6.45, 7) is 3.83. The normalized spacial score (nSPS) is 11.2. The third kappa shape index (κ3) is 3.47. The summed E-state index contributed by atoms with van der Waals surface area (Å²) in [6.07, 6.45) is 1.60. The Bertz CT molecular complexity index is 649. The zero-order chi connectivity index (χ0) is 14.5. The van der Waals surface area contributed by atoms with E-state index in [0.717, 1.165) is 22.0 Å². The summed E-state index contributed by atoms with van der Waals surface area (Å²) in [5.41, 5.74) is 1.70. The molecule has 0 aromatic heterocycles.